The molecule has 2 aromatic rings. The Kier molecular flexibility index (Phi) is 3.86. The molecule has 0 aromatic carbocycles. The molecule has 16 heavy (non-hydrogen) atoms. The van der Waals surface area contributed by atoms with Crippen LogP contribution in [0.3, 0.4) is 0 Å². The fraction of sp³-hybridized carbons (Fsp3) is 0. The van der Waals surface area contributed by atoms with Crippen LogP contribution < -0.4 is 0 Å². The van der Waals surface area contributed by atoms with Gasteiger partial charge >= 0.3 is 0 Å². The minimum absolute atomic E-state index is 0.138. The Morgan fingerprint density at radius 3 is 2.56 bits per heavy atom. The lowest BCUT2D eigenvalue weighted by molar-refractivity contribution is 1.04. The molecule has 0 amide bonds. The van der Waals surface area contributed by atoms with Gasteiger partial charge in [-0.2, -0.15) is 0 Å². The summed E-state index contributed by atoms with van der Waals surface area (Å²) in [7, 11) is 0. The molecule has 0 saturated heterocycles. The highest BCUT2D eigenvalue weighted by Crippen LogP contribution is 2.34. The summed E-state index contributed by atoms with van der Waals surface area (Å²) in [5.41, 5.74) is 0. The van der Waals surface area contributed by atoms with Gasteiger partial charge in [0.1, 0.15) is 10.1 Å². The summed E-state index contributed by atoms with van der Waals surface area (Å²) in [6, 6.07) is 3.49. The molecule has 2 rings (SSSR count). The fourth-order valence-corrected chi connectivity index (χ4v) is 2.31. The standard InChI is InChI=1S/C9H4Cl3N3S/c10-5-2-1-3-13-7(5)16-8-6(11)4-14-9(12)15-8/h1-4H. The van der Waals surface area contributed by atoms with E-state index in [4.69, 9.17) is 34.8 Å². The molecule has 3 nitrogen and oxygen atoms in total. The fourth-order valence-electron chi connectivity index (χ4n) is 0.941. The van der Waals surface area contributed by atoms with E-state index >= 15 is 0 Å². The van der Waals surface area contributed by atoms with Gasteiger partial charge in [-0.25, -0.2) is 15.0 Å². The Morgan fingerprint density at radius 2 is 1.81 bits per heavy atom. The number of pyridine rings is 1. The second kappa shape index (κ2) is 5.19. The maximum absolute atomic E-state index is 5.96. The molecule has 0 aliphatic heterocycles. The van der Waals surface area contributed by atoms with Crippen LogP contribution >= 0.6 is 46.6 Å². The first-order valence-corrected chi connectivity index (χ1v) is 6.08. The molecule has 0 atom stereocenters. The van der Waals surface area contributed by atoms with Crippen LogP contribution in [0.15, 0.2) is 34.6 Å². The molecule has 0 unspecified atom stereocenters. The van der Waals surface area contributed by atoms with Gasteiger partial charge in [-0.05, 0) is 35.5 Å². The van der Waals surface area contributed by atoms with E-state index < -0.39 is 0 Å². The van der Waals surface area contributed by atoms with Crippen LogP contribution in [0.2, 0.25) is 15.3 Å². The zero-order valence-corrected chi connectivity index (χ0v) is 10.8. The number of hydrogen-bond acceptors (Lipinski definition) is 4. The first-order chi connectivity index (χ1) is 7.66. The average molecular weight is 293 g/mol. The maximum Gasteiger partial charge on any atom is 0.223 e. The van der Waals surface area contributed by atoms with Crippen LogP contribution in [-0.4, -0.2) is 15.0 Å². The van der Waals surface area contributed by atoms with Crippen LogP contribution in [0, 0.1) is 0 Å². The molecule has 0 spiro atoms. The third kappa shape index (κ3) is 2.77. The molecule has 0 bridgehead atoms. The lowest BCUT2D eigenvalue weighted by atomic mass is 10.5. The predicted molar refractivity (Wildman–Crippen MR) is 65.4 cm³/mol. The molecule has 2 heterocycles. The normalized spacial score (nSPS) is 10.4. The largest absolute Gasteiger partial charge is 0.248 e. The molecule has 0 aliphatic carbocycles. The monoisotopic (exact) mass is 291 g/mol. The smallest absolute Gasteiger partial charge is 0.223 e. The Balaban J connectivity index is 2.34. The zero-order chi connectivity index (χ0) is 11.5. The van der Waals surface area contributed by atoms with Crippen LogP contribution in [0.4, 0.5) is 0 Å². The number of nitrogens with zero attached hydrogens (tertiary/aromatic N) is 3. The van der Waals surface area contributed by atoms with E-state index in [1.54, 1.807) is 18.3 Å². The minimum Gasteiger partial charge on any atom is -0.248 e. The molecule has 0 aliphatic rings. The van der Waals surface area contributed by atoms with Gasteiger partial charge in [-0.3, -0.25) is 0 Å². The number of hydrogen-bond donors (Lipinski definition) is 0. The molecule has 0 N–H and O–H groups in total. The van der Waals surface area contributed by atoms with E-state index in [1.165, 1.54) is 18.0 Å². The molecule has 2 aromatic heterocycles. The summed E-state index contributed by atoms with van der Waals surface area (Å²) >= 11 is 18.8. The van der Waals surface area contributed by atoms with Crippen LogP contribution in [0.5, 0.6) is 0 Å². The Labute approximate surface area is 111 Å². The Hall–Kier alpha value is -0.550. The van der Waals surface area contributed by atoms with Gasteiger partial charge in [-0.15, -0.1) is 0 Å². The summed E-state index contributed by atoms with van der Waals surface area (Å²) in [5.74, 6) is 0. The number of rotatable bonds is 2. The summed E-state index contributed by atoms with van der Waals surface area (Å²) in [6.45, 7) is 0. The van der Waals surface area contributed by atoms with Crippen molar-refractivity contribution in [3.8, 4) is 0 Å². The van der Waals surface area contributed by atoms with Crippen molar-refractivity contribution in [1.29, 1.82) is 0 Å². The van der Waals surface area contributed by atoms with Crippen molar-refractivity contribution in [1.82, 2.24) is 15.0 Å². The first-order valence-electron chi connectivity index (χ1n) is 4.13. The van der Waals surface area contributed by atoms with Crippen LogP contribution in [0.25, 0.3) is 0 Å². The summed E-state index contributed by atoms with van der Waals surface area (Å²) in [5, 5.41) is 2.25. The van der Waals surface area contributed by atoms with Crippen molar-refractivity contribution in [2.75, 3.05) is 0 Å². The third-order valence-corrected chi connectivity index (χ3v) is 3.61. The highest BCUT2D eigenvalue weighted by molar-refractivity contribution is 7.99. The van der Waals surface area contributed by atoms with Crippen LogP contribution in [-0.2, 0) is 0 Å². The highest BCUT2D eigenvalue weighted by atomic mass is 35.5. The van der Waals surface area contributed by atoms with Crippen molar-refractivity contribution in [2.45, 2.75) is 10.1 Å². The molecule has 82 valence electrons. The van der Waals surface area contributed by atoms with Gasteiger partial charge in [0.2, 0.25) is 5.28 Å². The lowest BCUT2D eigenvalue weighted by Crippen LogP contribution is -1.88. The van der Waals surface area contributed by atoms with E-state index in [2.05, 4.69) is 15.0 Å². The highest BCUT2D eigenvalue weighted by Gasteiger charge is 2.09. The van der Waals surface area contributed by atoms with Gasteiger partial charge in [0.15, 0.2) is 0 Å². The summed E-state index contributed by atoms with van der Waals surface area (Å²) in [4.78, 5) is 11.9. The van der Waals surface area contributed by atoms with Gasteiger partial charge < -0.3 is 0 Å². The van der Waals surface area contributed by atoms with E-state index in [9.17, 15) is 0 Å². The molecule has 0 fully saturated rings. The number of aromatic nitrogens is 3. The molecular formula is C9H4Cl3N3S. The van der Waals surface area contributed by atoms with Crippen LogP contribution in [0.1, 0.15) is 0 Å². The molecular weight excluding hydrogens is 289 g/mol. The van der Waals surface area contributed by atoms with Crippen molar-refractivity contribution in [3.05, 3.63) is 39.9 Å². The van der Waals surface area contributed by atoms with Gasteiger partial charge in [0.25, 0.3) is 0 Å². The average Bonchev–Trinajstić information content (AvgIpc) is 2.27. The van der Waals surface area contributed by atoms with Crippen molar-refractivity contribution >= 4 is 46.6 Å². The molecule has 7 heteroatoms. The topological polar surface area (TPSA) is 38.7 Å². The Morgan fingerprint density at radius 1 is 1.00 bits per heavy atom. The van der Waals surface area contributed by atoms with Crippen molar-refractivity contribution < 1.29 is 0 Å². The SMILES string of the molecule is Clc1ncc(Cl)c(Sc2ncccc2Cl)n1. The van der Waals surface area contributed by atoms with Gasteiger partial charge in [-0.1, -0.05) is 23.2 Å². The number of halogens is 3. The maximum atomic E-state index is 5.96. The van der Waals surface area contributed by atoms with Crippen molar-refractivity contribution in [3.63, 3.8) is 0 Å². The molecule has 0 radical (unpaired) electrons. The third-order valence-electron chi connectivity index (χ3n) is 1.60. The second-order valence-electron chi connectivity index (χ2n) is 2.68. The molecule has 0 saturated carbocycles. The summed E-state index contributed by atoms with van der Waals surface area (Å²) in [6.07, 6.45) is 3.08. The predicted octanol–water partition coefficient (Wildman–Crippen LogP) is 3.98. The van der Waals surface area contributed by atoms with E-state index in [1.807, 2.05) is 0 Å². The minimum atomic E-state index is 0.138. The second-order valence-corrected chi connectivity index (χ2v) is 4.81. The first kappa shape index (κ1) is 11.9. The lowest BCUT2D eigenvalue weighted by Gasteiger charge is -2.03. The zero-order valence-electron chi connectivity index (χ0n) is 7.69. The van der Waals surface area contributed by atoms with E-state index in [0.717, 1.165) is 0 Å². The quantitative estimate of drug-likeness (QED) is 0.620. The van der Waals surface area contributed by atoms with E-state index in [-0.39, 0.29) is 5.28 Å². The van der Waals surface area contributed by atoms with Crippen molar-refractivity contribution in [2.24, 2.45) is 0 Å². The summed E-state index contributed by atoms with van der Waals surface area (Å²) < 4.78 is 0. The Bertz CT molecular complexity index is 521. The van der Waals surface area contributed by atoms with Gasteiger partial charge in [0, 0.05) is 6.20 Å². The van der Waals surface area contributed by atoms with E-state index in [0.29, 0.717) is 20.1 Å². The van der Waals surface area contributed by atoms with Gasteiger partial charge in [0.05, 0.1) is 16.2 Å².